The van der Waals surface area contributed by atoms with Gasteiger partial charge in [0.05, 0.1) is 6.20 Å². The Morgan fingerprint density at radius 1 is 0.920 bits per heavy atom. The first kappa shape index (κ1) is 14.6. The number of anilines is 2. The molecule has 0 aromatic carbocycles. The molecule has 0 bridgehead atoms. The van der Waals surface area contributed by atoms with Crippen molar-refractivity contribution in [2.75, 3.05) is 36.0 Å². The molecule has 7 heteroatoms. The van der Waals surface area contributed by atoms with E-state index in [-0.39, 0.29) is 0 Å². The van der Waals surface area contributed by atoms with Gasteiger partial charge in [0.25, 0.3) is 0 Å². The second-order valence-corrected chi connectivity index (χ2v) is 7.20. The molecule has 0 N–H and O–H groups in total. The van der Waals surface area contributed by atoms with Crippen LogP contribution in [-0.2, 0) is 0 Å². The van der Waals surface area contributed by atoms with Gasteiger partial charge in [0, 0.05) is 67.6 Å². The number of hydrogen-bond acceptors (Lipinski definition) is 6. The Morgan fingerprint density at radius 3 is 2.44 bits per heavy atom. The molecule has 0 aliphatic carbocycles. The Labute approximate surface area is 146 Å². The van der Waals surface area contributed by atoms with Crippen LogP contribution in [0.4, 0.5) is 11.6 Å². The predicted molar refractivity (Wildman–Crippen MR) is 95.9 cm³/mol. The molecule has 5 rings (SSSR count). The lowest BCUT2D eigenvalue weighted by Crippen LogP contribution is -2.30. The van der Waals surface area contributed by atoms with Crippen molar-refractivity contribution in [3.63, 3.8) is 0 Å². The highest BCUT2D eigenvalue weighted by Gasteiger charge is 2.41. The van der Waals surface area contributed by atoms with Crippen molar-refractivity contribution in [2.24, 2.45) is 11.8 Å². The lowest BCUT2D eigenvalue weighted by atomic mass is 10.0. The molecule has 25 heavy (non-hydrogen) atoms. The maximum Gasteiger partial charge on any atom is 0.157 e. The van der Waals surface area contributed by atoms with Gasteiger partial charge in [0.1, 0.15) is 18.0 Å². The molecule has 2 atom stereocenters. The second kappa shape index (κ2) is 5.40. The Balaban J connectivity index is 1.38. The molecule has 2 fully saturated rings. The third-order valence-electron chi connectivity index (χ3n) is 5.39. The van der Waals surface area contributed by atoms with E-state index < -0.39 is 0 Å². The van der Waals surface area contributed by atoms with Crippen molar-refractivity contribution in [3.8, 4) is 0 Å². The van der Waals surface area contributed by atoms with E-state index in [1.54, 1.807) is 6.33 Å². The summed E-state index contributed by atoms with van der Waals surface area (Å²) in [5.41, 5.74) is 2.99. The van der Waals surface area contributed by atoms with E-state index in [2.05, 4.69) is 42.0 Å². The average molecular weight is 335 g/mol. The number of hydrogen-bond donors (Lipinski definition) is 0. The summed E-state index contributed by atoms with van der Waals surface area (Å²) in [6.45, 7) is 8.30. The fourth-order valence-electron chi connectivity index (χ4n) is 4.22. The van der Waals surface area contributed by atoms with E-state index in [9.17, 15) is 0 Å². The number of fused-ring (bicyclic) bond motifs is 2. The number of nitrogens with zero attached hydrogens (tertiary/aromatic N) is 7. The van der Waals surface area contributed by atoms with Gasteiger partial charge in [-0.25, -0.2) is 15.0 Å². The molecule has 5 heterocycles. The third kappa shape index (κ3) is 2.42. The van der Waals surface area contributed by atoms with Crippen LogP contribution in [0.15, 0.2) is 30.7 Å². The van der Waals surface area contributed by atoms with Gasteiger partial charge in [-0.05, 0) is 13.8 Å². The zero-order valence-electron chi connectivity index (χ0n) is 14.5. The number of aryl methyl sites for hydroxylation is 2. The first-order valence-corrected chi connectivity index (χ1v) is 8.77. The maximum absolute atomic E-state index is 4.55. The number of rotatable bonds is 2. The van der Waals surface area contributed by atoms with Crippen molar-refractivity contribution >= 4 is 17.3 Å². The molecular formula is C18H21N7. The van der Waals surface area contributed by atoms with Gasteiger partial charge in [-0.15, -0.1) is 0 Å². The standard InChI is InChI=1S/C18H21N7/c1-12-5-17(20-11-19-12)23-7-14-9-24(10-15(14)8-23)18-6-13(2)22-16-3-4-21-25(16)18/h3-6,11,14-15H,7-10H2,1-2H3. The zero-order chi connectivity index (χ0) is 17.0. The van der Waals surface area contributed by atoms with Crippen LogP contribution in [0.3, 0.4) is 0 Å². The van der Waals surface area contributed by atoms with Gasteiger partial charge in [-0.3, -0.25) is 0 Å². The number of aromatic nitrogens is 5. The molecule has 2 unspecified atom stereocenters. The molecular weight excluding hydrogens is 314 g/mol. The lowest BCUT2D eigenvalue weighted by molar-refractivity contribution is 0.533. The summed E-state index contributed by atoms with van der Waals surface area (Å²) >= 11 is 0. The van der Waals surface area contributed by atoms with E-state index in [1.807, 2.05) is 30.6 Å². The third-order valence-corrected chi connectivity index (χ3v) is 5.39. The van der Waals surface area contributed by atoms with Crippen LogP contribution in [0.1, 0.15) is 11.4 Å². The van der Waals surface area contributed by atoms with Crippen LogP contribution in [0.5, 0.6) is 0 Å². The minimum Gasteiger partial charge on any atom is -0.356 e. The van der Waals surface area contributed by atoms with Gasteiger partial charge in [0.2, 0.25) is 0 Å². The minimum absolute atomic E-state index is 0.661. The van der Waals surface area contributed by atoms with E-state index in [0.717, 1.165) is 54.8 Å². The Morgan fingerprint density at radius 2 is 1.68 bits per heavy atom. The van der Waals surface area contributed by atoms with Gasteiger partial charge in [-0.2, -0.15) is 9.61 Å². The van der Waals surface area contributed by atoms with Crippen LogP contribution in [0.2, 0.25) is 0 Å². The van der Waals surface area contributed by atoms with Crippen molar-refractivity contribution in [1.82, 2.24) is 24.6 Å². The summed E-state index contributed by atoms with van der Waals surface area (Å²) in [6.07, 6.45) is 3.49. The smallest absolute Gasteiger partial charge is 0.157 e. The lowest BCUT2D eigenvalue weighted by Gasteiger charge is -2.24. The summed E-state index contributed by atoms with van der Waals surface area (Å²) in [4.78, 5) is 18.1. The molecule has 0 radical (unpaired) electrons. The Kier molecular flexibility index (Phi) is 3.16. The Bertz CT molecular complexity index is 920. The van der Waals surface area contributed by atoms with Crippen molar-refractivity contribution in [1.29, 1.82) is 0 Å². The summed E-state index contributed by atoms with van der Waals surface area (Å²) in [7, 11) is 0. The van der Waals surface area contributed by atoms with Crippen LogP contribution in [-0.4, -0.2) is 50.7 Å². The molecule has 3 aromatic heterocycles. The van der Waals surface area contributed by atoms with Crippen LogP contribution in [0, 0.1) is 25.7 Å². The monoisotopic (exact) mass is 335 g/mol. The second-order valence-electron chi connectivity index (χ2n) is 7.20. The predicted octanol–water partition coefficient (Wildman–Crippen LogP) is 1.71. The maximum atomic E-state index is 4.55. The largest absolute Gasteiger partial charge is 0.356 e. The highest BCUT2D eigenvalue weighted by Crippen LogP contribution is 2.35. The molecule has 3 aromatic rings. The first-order valence-electron chi connectivity index (χ1n) is 8.77. The molecule has 0 saturated carbocycles. The van der Waals surface area contributed by atoms with E-state index in [0.29, 0.717) is 11.8 Å². The average Bonchev–Trinajstić information content (AvgIpc) is 3.27. The van der Waals surface area contributed by atoms with E-state index >= 15 is 0 Å². The van der Waals surface area contributed by atoms with Gasteiger partial charge in [-0.1, -0.05) is 0 Å². The summed E-state index contributed by atoms with van der Waals surface area (Å²) in [5, 5.41) is 4.46. The molecule has 7 nitrogen and oxygen atoms in total. The highest BCUT2D eigenvalue weighted by molar-refractivity contribution is 5.52. The van der Waals surface area contributed by atoms with Gasteiger partial charge >= 0.3 is 0 Å². The fourth-order valence-corrected chi connectivity index (χ4v) is 4.22. The zero-order valence-corrected chi connectivity index (χ0v) is 14.5. The molecule has 0 amide bonds. The van der Waals surface area contributed by atoms with E-state index in [4.69, 9.17) is 0 Å². The summed E-state index contributed by atoms with van der Waals surface area (Å²) < 4.78 is 1.96. The molecule has 2 aliphatic heterocycles. The van der Waals surface area contributed by atoms with E-state index in [1.165, 1.54) is 0 Å². The summed E-state index contributed by atoms with van der Waals surface area (Å²) in [6, 6.07) is 6.19. The first-order chi connectivity index (χ1) is 12.2. The summed E-state index contributed by atoms with van der Waals surface area (Å²) in [5.74, 6) is 3.54. The molecule has 2 saturated heterocycles. The molecule has 2 aliphatic rings. The highest BCUT2D eigenvalue weighted by atomic mass is 15.4. The fraction of sp³-hybridized carbons (Fsp3) is 0.444. The molecule has 128 valence electrons. The van der Waals surface area contributed by atoms with Crippen LogP contribution >= 0.6 is 0 Å². The molecule has 0 spiro atoms. The SMILES string of the molecule is Cc1cc(N2CC3CN(c4cc(C)nc5ccnn45)CC3C2)ncn1. The minimum atomic E-state index is 0.661. The van der Waals surface area contributed by atoms with Gasteiger partial charge in [0.15, 0.2) is 5.65 Å². The topological polar surface area (TPSA) is 62.5 Å². The normalized spacial score (nSPS) is 22.8. The van der Waals surface area contributed by atoms with Crippen LogP contribution < -0.4 is 9.80 Å². The Hall–Kier alpha value is -2.70. The van der Waals surface area contributed by atoms with Crippen LogP contribution in [0.25, 0.3) is 5.65 Å². The quantitative estimate of drug-likeness (QED) is 0.710. The van der Waals surface area contributed by atoms with Crippen molar-refractivity contribution in [3.05, 3.63) is 42.1 Å². The van der Waals surface area contributed by atoms with Gasteiger partial charge < -0.3 is 9.80 Å². The van der Waals surface area contributed by atoms with Crippen molar-refractivity contribution in [2.45, 2.75) is 13.8 Å². The van der Waals surface area contributed by atoms with Crippen molar-refractivity contribution < 1.29 is 0 Å².